The fraction of sp³-hybridized carbons (Fsp3) is 0.333. The molecule has 4 nitrogen and oxygen atoms in total. The van der Waals surface area contributed by atoms with Crippen molar-refractivity contribution in [3.05, 3.63) is 34.7 Å². The van der Waals surface area contributed by atoms with Crippen molar-refractivity contribution >= 4 is 43.8 Å². The summed E-state index contributed by atoms with van der Waals surface area (Å²) in [7, 11) is 0. The molecule has 0 unspecified atom stereocenters. The van der Waals surface area contributed by atoms with Crippen molar-refractivity contribution < 1.29 is 4.79 Å². The predicted octanol–water partition coefficient (Wildman–Crippen LogP) is 4.36. The van der Waals surface area contributed by atoms with E-state index in [9.17, 15) is 4.79 Å². The minimum absolute atomic E-state index is 0.0247. The molecule has 4 rings (SSSR count). The van der Waals surface area contributed by atoms with Gasteiger partial charge in [-0.25, -0.2) is 4.98 Å². The maximum atomic E-state index is 11.7. The molecule has 0 saturated heterocycles. The zero-order valence-corrected chi connectivity index (χ0v) is 15.4. The number of likely N-dealkylation sites (N-methyl/N-ethyl adjacent to an activating group) is 1. The number of fused-ring (bicyclic) bond motifs is 2. The van der Waals surface area contributed by atoms with E-state index >= 15 is 0 Å². The molecule has 1 aliphatic rings. The van der Waals surface area contributed by atoms with Crippen LogP contribution in [0.5, 0.6) is 0 Å². The van der Waals surface area contributed by atoms with Crippen LogP contribution in [0.4, 0.5) is 5.00 Å². The van der Waals surface area contributed by atoms with Crippen LogP contribution in [0.2, 0.25) is 0 Å². The van der Waals surface area contributed by atoms with Crippen LogP contribution in [0.3, 0.4) is 0 Å². The number of hydrogen-bond acceptors (Lipinski definition) is 5. The maximum Gasteiger partial charge on any atom is 0.221 e. The first-order valence-corrected chi connectivity index (χ1v) is 9.79. The largest absolute Gasteiger partial charge is 0.317 e. The molecule has 1 N–H and O–H groups in total. The van der Waals surface area contributed by atoms with Gasteiger partial charge in [-0.3, -0.25) is 9.69 Å². The molecule has 3 aromatic rings. The Morgan fingerprint density at radius 3 is 2.92 bits per heavy atom. The fourth-order valence-corrected chi connectivity index (χ4v) is 5.52. The van der Waals surface area contributed by atoms with Crippen LogP contribution in [0.1, 0.15) is 24.3 Å². The first kappa shape index (κ1) is 15.7. The molecular weight excluding hydrogens is 338 g/mol. The summed E-state index contributed by atoms with van der Waals surface area (Å²) in [6.45, 7) is 6.84. The Labute approximate surface area is 149 Å². The predicted molar refractivity (Wildman–Crippen MR) is 102 cm³/mol. The Bertz CT molecular complexity index is 879. The average molecular weight is 358 g/mol. The summed E-state index contributed by atoms with van der Waals surface area (Å²) in [4.78, 5) is 20.3. The summed E-state index contributed by atoms with van der Waals surface area (Å²) in [6.07, 6.45) is 1.05. The van der Waals surface area contributed by atoms with Crippen LogP contribution in [0, 0.1) is 0 Å². The number of carbonyl (C=O) groups excluding carboxylic acids is 1. The molecule has 1 aromatic carbocycles. The van der Waals surface area contributed by atoms with Crippen molar-refractivity contribution in [2.45, 2.75) is 26.8 Å². The first-order chi connectivity index (χ1) is 11.7. The van der Waals surface area contributed by atoms with Gasteiger partial charge in [-0.2, -0.15) is 0 Å². The molecule has 3 heterocycles. The number of thiazole rings is 1. The van der Waals surface area contributed by atoms with E-state index in [1.807, 2.05) is 18.2 Å². The summed E-state index contributed by atoms with van der Waals surface area (Å²) >= 11 is 3.42. The minimum atomic E-state index is -0.0247. The Balaban J connectivity index is 1.88. The monoisotopic (exact) mass is 357 g/mol. The number of amides is 1. The third-order valence-corrected chi connectivity index (χ3v) is 6.63. The summed E-state index contributed by atoms with van der Waals surface area (Å²) in [6, 6.07) is 8.21. The van der Waals surface area contributed by atoms with Gasteiger partial charge in [-0.05, 0) is 30.7 Å². The Hall–Kier alpha value is -1.76. The highest BCUT2D eigenvalue weighted by Gasteiger charge is 2.26. The smallest absolute Gasteiger partial charge is 0.221 e. The lowest BCUT2D eigenvalue weighted by atomic mass is 10.0. The lowest BCUT2D eigenvalue weighted by Gasteiger charge is -2.25. The van der Waals surface area contributed by atoms with Gasteiger partial charge in [-0.1, -0.05) is 19.1 Å². The van der Waals surface area contributed by atoms with E-state index in [4.69, 9.17) is 4.98 Å². The lowest BCUT2D eigenvalue weighted by Crippen LogP contribution is -2.29. The molecule has 2 aromatic heterocycles. The highest BCUT2D eigenvalue weighted by atomic mass is 32.1. The van der Waals surface area contributed by atoms with Crippen molar-refractivity contribution in [2.24, 2.45) is 0 Å². The van der Waals surface area contributed by atoms with Gasteiger partial charge in [0.15, 0.2) is 0 Å². The number of thiophene rings is 1. The molecule has 0 fully saturated rings. The van der Waals surface area contributed by atoms with Crippen molar-refractivity contribution in [2.75, 3.05) is 18.4 Å². The van der Waals surface area contributed by atoms with Crippen molar-refractivity contribution in [3.8, 4) is 10.6 Å². The summed E-state index contributed by atoms with van der Waals surface area (Å²) in [5.41, 5.74) is 3.50. The molecule has 0 aliphatic carbocycles. The van der Waals surface area contributed by atoms with Crippen molar-refractivity contribution in [1.82, 2.24) is 9.88 Å². The normalized spacial score (nSPS) is 14.8. The second kappa shape index (κ2) is 6.27. The van der Waals surface area contributed by atoms with Crippen molar-refractivity contribution in [1.29, 1.82) is 0 Å². The van der Waals surface area contributed by atoms with Gasteiger partial charge in [0.2, 0.25) is 5.91 Å². The summed E-state index contributed by atoms with van der Waals surface area (Å²) < 4.78 is 1.18. The van der Waals surface area contributed by atoms with Crippen LogP contribution in [-0.4, -0.2) is 28.9 Å². The molecule has 0 bridgehead atoms. The highest BCUT2D eigenvalue weighted by molar-refractivity contribution is 7.22. The van der Waals surface area contributed by atoms with Crippen LogP contribution in [0.25, 0.3) is 20.8 Å². The van der Waals surface area contributed by atoms with E-state index in [-0.39, 0.29) is 5.91 Å². The molecule has 0 spiro atoms. The van der Waals surface area contributed by atoms with E-state index < -0.39 is 0 Å². The number of nitrogens with one attached hydrogen (secondary N) is 1. The molecule has 1 aliphatic heterocycles. The second-order valence-electron chi connectivity index (χ2n) is 5.99. The van der Waals surface area contributed by atoms with Gasteiger partial charge in [0.1, 0.15) is 10.0 Å². The van der Waals surface area contributed by atoms with Gasteiger partial charge >= 0.3 is 0 Å². The Morgan fingerprint density at radius 2 is 2.17 bits per heavy atom. The lowest BCUT2D eigenvalue weighted by molar-refractivity contribution is -0.114. The van der Waals surface area contributed by atoms with Crippen LogP contribution in [-0.2, 0) is 17.8 Å². The van der Waals surface area contributed by atoms with Gasteiger partial charge in [-0.15, -0.1) is 22.7 Å². The molecule has 1 amide bonds. The molecule has 0 saturated carbocycles. The van der Waals surface area contributed by atoms with E-state index in [2.05, 4.69) is 23.2 Å². The van der Waals surface area contributed by atoms with Gasteiger partial charge in [0, 0.05) is 24.9 Å². The van der Waals surface area contributed by atoms with E-state index in [1.165, 1.54) is 15.1 Å². The minimum Gasteiger partial charge on any atom is -0.317 e. The van der Waals surface area contributed by atoms with Gasteiger partial charge in [0.25, 0.3) is 0 Å². The summed E-state index contributed by atoms with van der Waals surface area (Å²) in [5, 5.41) is 4.99. The number of carbonyl (C=O) groups is 1. The third kappa shape index (κ3) is 2.75. The van der Waals surface area contributed by atoms with Crippen molar-refractivity contribution in [3.63, 3.8) is 0 Å². The standard InChI is InChI=1S/C18H19N3OS2/c1-3-21-9-8-14-12(10-21)16(17(23-14)19-11(2)22)18-20-13-6-4-5-7-15(13)24-18/h4-7H,3,8-10H2,1-2H3,(H,19,22). The highest BCUT2D eigenvalue weighted by Crippen LogP contribution is 2.45. The Morgan fingerprint density at radius 1 is 1.33 bits per heavy atom. The zero-order valence-electron chi connectivity index (χ0n) is 13.8. The average Bonchev–Trinajstić information content (AvgIpc) is 3.13. The van der Waals surface area contributed by atoms with E-state index in [0.717, 1.165) is 47.1 Å². The quantitative estimate of drug-likeness (QED) is 0.757. The number of nitrogens with zero attached hydrogens (tertiary/aromatic N) is 2. The number of hydrogen-bond donors (Lipinski definition) is 1. The SMILES string of the molecule is CCN1CCc2sc(NC(C)=O)c(-c3nc4ccccc4s3)c2C1. The third-order valence-electron chi connectivity index (χ3n) is 4.37. The van der Waals surface area contributed by atoms with Crippen LogP contribution in [0.15, 0.2) is 24.3 Å². The number of benzene rings is 1. The molecule has 0 atom stereocenters. The molecule has 124 valence electrons. The van der Waals surface area contributed by atoms with E-state index in [0.29, 0.717) is 0 Å². The van der Waals surface area contributed by atoms with Gasteiger partial charge in [0.05, 0.1) is 15.8 Å². The molecule has 6 heteroatoms. The zero-order chi connectivity index (χ0) is 16.7. The maximum absolute atomic E-state index is 11.7. The number of rotatable bonds is 3. The molecular formula is C18H19N3OS2. The number of aromatic nitrogens is 1. The van der Waals surface area contributed by atoms with Gasteiger partial charge < -0.3 is 5.32 Å². The van der Waals surface area contributed by atoms with E-state index in [1.54, 1.807) is 29.6 Å². The first-order valence-electron chi connectivity index (χ1n) is 8.16. The van der Waals surface area contributed by atoms with Crippen LogP contribution < -0.4 is 5.32 Å². The topological polar surface area (TPSA) is 45.2 Å². The van der Waals surface area contributed by atoms with Crippen LogP contribution >= 0.6 is 22.7 Å². The summed E-state index contributed by atoms with van der Waals surface area (Å²) in [5.74, 6) is -0.0247. The Kier molecular flexibility index (Phi) is 4.12. The molecule has 24 heavy (non-hydrogen) atoms. The fourth-order valence-electron chi connectivity index (χ4n) is 3.17. The molecule has 0 radical (unpaired) electrons. The second-order valence-corrected chi connectivity index (χ2v) is 8.13. The number of para-hydroxylation sites is 1. The number of anilines is 1.